The Labute approximate surface area is 111 Å². The first kappa shape index (κ1) is 16.4. The van der Waals surface area contributed by atoms with Gasteiger partial charge in [-0.05, 0) is 18.6 Å². The smallest absolute Gasteiger partial charge is 0.362 e. The molecule has 20 heavy (non-hydrogen) atoms. The molecule has 0 unspecified atom stereocenters. The van der Waals surface area contributed by atoms with Gasteiger partial charge < -0.3 is 10.1 Å². The van der Waals surface area contributed by atoms with Crippen LogP contribution < -0.4 is 5.32 Å². The van der Waals surface area contributed by atoms with E-state index in [4.69, 9.17) is 0 Å². The van der Waals surface area contributed by atoms with Crippen molar-refractivity contribution in [2.75, 3.05) is 19.8 Å². The molecule has 0 aromatic heterocycles. The molecule has 0 saturated carbocycles. The van der Waals surface area contributed by atoms with E-state index in [0.717, 1.165) is 12.1 Å². The maximum absolute atomic E-state index is 13.2. The van der Waals surface area contributed by atoms with E-state index in [1.165, 1.54) is 6.07 Å². The molecule has 0 fully saturated rings. The van der Waals surface area contributed by atoms with Crippen LogP contribution >= 0.6 is 0 Å². The average Bonchev–Trinajstić information content (AvgIpc) is 2.31. The number of carbonyl (C=O) groups excluding carboxylic acids is 1. The Balaban J connectivity index is 2.29. The Bertz CT molecular complexity index is 441. The molecule has 0 aliphatic rings. The molecule has 0 aliphatic carbocycles. The molecule has 1 amide bonds. The molecule has 0 aliphatic heterocycles. The van der Waals surface area contributed by atoms with Gasteiger partial charge in [0, 0.05) is 12.1 Å². The molecule has 0 radical (unpaired) electrons. The van der Waals surface area contributed by atoms with Crippen molar-refractivity contribution >= 4 is 5.91 Å². The molecule has 1 aromatic carbocycles. The van der Waals surface area contributed by atoms with Crippen molar-refractivity contribution in [3.63, 3.8) is 0 Å². The number of alkyl halides is 3. The van der Waals surface area contributed by atoms with Gasteiger partial charge in [0.05, 0.1) is 0 Å². The molecule has 8 heteroatoms. The van der Waals surface area contributed by atoms with E-state index >= 15 is 0 Å². The van der Waals surface area contributed by atoms with Crippen molar-refractivity contribution in [3.05, 3.63) is 35.4 Å². The van der Waals surface area contributed by atoms with Gasteiger partial charge in [-0.1, -0.05) is 6.07 Å². The van der Waals surface area contributed by atoms with E-state index < -0.39 is 36.9 Å². The van der Waals surface area contributed by atoms with Crippen LogP contribution in [0.25, 0.3) is 0 Å². The number of amides is 1. The molecule has 112 valence electrons. The summed E-state index contributed by atoms with van der Waals surface area (Å²) in [4.78, 5) is 11.1. The average molecular weight is 297 g/mol. The molecule has 0 saturated heterocycles. The quantitative estimate of drug-likeness (QED) is 0.818. The summed E-state index contributed by atoms with van der Waals surface area (Å²) in [6, 6.07) is 3.36. The van der Waals surface area contributed by atoms with E-state index in [-0.39, 0.29) is 18.5 Å². The number of nitrogens with one attached hydrogen (secondary N) is 1. The zero-order valence-corrected chi connectivity index (χ0v) is 10.3. The first-order valence-corrected chi connectivity index (χ1v) is 5.63. The van der Waals surface area contributed by atoms with Crippen LogP contribution in [0.4, 0.5) is 22.0 Å². The molecule has 0 heterocycles. The second kappa shape index (κ2) is 7.18. The van der Waals surface area contributed by atoms with E-state index in [1.54, 1.807) is 0 Å². The number of hydrogen-bond donors (Lipinski definition) is 1. The molecule has 1 aromatic rings. The highest BCUT2D eigenvalue weighted by molar-refractivity contribution is 5.77. The normalized spacial score (nSPS) is 11.4. The first-order chi connectivity index (χ1) is 9.29. The maximum Gasteiger partial charge on any atom is 0.411 e. The topological polar surface area (TPSA) is 38.3 Å². The van der Waals surface area contributed by atoms with Gasteiger partial charge in [0.15, 0.2) is 0 Å². The van der Waals surface area contributed by atoms with Crippen molar-refractivity contribution in [2.45, 2.75) is 12.6 Å². The SMILES string of the molecule is O=C(COCC(F)(F)F)NCCc1c(F)cccc1F. The third kappa shape index (κ3) is 5.96. The Morgan fingerprint density at radius 1 is 1.20 bits per heavy atom. The van der Waals surface area contributed by atoms with Gasteiger partial charge in [0.25, 0.3) is 0 Å². The predicted molar refractivity (Wildman–Crippen MR) is 59.9 cm³/mol. The molecular weight excluding hydrogens is 285 g/mol. The van der Waals surface area contributed by atoms with Crippen LogP contribution in [0.15, 0.2) is 18.2 Å². The van der Waals surface area contributed by atoms with Crippen molar-refractivity contribution in [1.82, 2.24) is 5.32 Å². The van der Waals surface area contributed by atoms with Gasteiger partial charge in [0.1, 0.15) is 24.8 Å². The largest absolute Gasteiger partial charge is 0.411 e. The fraction of sp³-hybridized carbons (Fsp3) is 0.417. The molecule has 0 bridgehead atoms. The predicted octanol–water partition coefficient (Wildman–Crippen LogP) is 2.20. The monoisotopic (exact) mass is 297 g/mol. The Kier molecular flexibility index (Phi) is 5.87. The molecule has 1 rings (SSSR count). The summed E-state index contributed by atoms with van der Waals surface area (Å²) in [5, 5.41) is 2.21. The number of hydrogen-bond acceptors (Lipinski definition) is 2. The Morgan fingerprint density at radius 2 is 1.80 bits per heavy atom. The standard InChI is InChI=1S/C12H12F5NO2/c13-9-2-1-3-10(14)8(9)4-5-18-11(19)6-20-7-12(15,16)17/h1-3H,4-7H2,(H,18,19). The number of rotatable bonds is 6. The summed E-state index contributed by atoms with van der Waals surface area (Å²) in [6.07, 6.45) is -4.61. The highest BCUT2D eigenvalue weighted by atomic mass is 19.4. The lowest BCUT2D eigenvalue weighted by atomic mass is 10.1. The van der Waals surface area contributed by atoms with E-state index in [2.05, 4.69) is 10.1 Å². The fourth-order valence-corrected chi connectivity index (χ4v) is 1.41. The minimum atomic E-state index is -4.50. The number of carbonyl (C=O) groups is 1. The van der Waals surface area contributed by atoms with Crippen LogP contribution in [0.5, 0.6) is 0 Å². The van der Waals surface area contributed by atoms with Gasteiger partial charge in [-0.15, -0.1) is 0 Å². The van der Waals surface area contributed by atoms with Crippen molar-refractivity contribution in [3.8, 4) is 0 Å². The van der Waals surface area contributed by atoms with Crippen LogP contribution in [0.1, 0.15) is 5.56 Å². The molecule has 0 spiro atoms. The second-order valence-electron chi connectivity index (χ2n) is 3.91. The summed E-state index contributed by atoms with van der Waals surface area (Å²) < 4.78 is 65.7. The minimum Gasteiger partial charge on any atom is -0.362 e. The van der Waals surface area contributed by atoms with Crippen LogP contribution in [-0.2, 0) is 16.0 Å². The zero-order chi connectivity index (χ0) is 15.2. The lowest BCUT2D eigenvalue weighted by molar-refractivity contribution is -0.175. The first-order valence-electron chi connectivity index (χ1n) is 5.63. The molecule has 0 atom stereocenters. The minimum absolute atomic E-state index is 0.105. The maximum atomic E-state index is 13.2. The van der Waals surface area contributed by atoms with Crippen LogP contribution in [0.2, 0.25) is 0 Å². The Morgan fingerprint density at radius 3 is 2.35 bits per heavy atom. The van der Waals surface area contributed by atoms with Crippen LogP contribution in [0, 0.1) is 11.6 Å². The zero-order valence-electron chi connectivity index (χ0n) is 10.3. The lowest BCUT2D eigenvalue weighted by Crippen LogP contribution is -2.31. The third-order valence-electron chi connectivity index (χ3n) is 2.26. The summed E-state index contributed by atoms with van der Waals surface area (Å²) in [5.74, 6) is -2.27. The molecule has 3 nitrogen and oxygen atoms in total. The van der Waals surface area contributed by atoms with Gasteiger partial charge >= 0.3 is 6.18 Å². The van der Waals surface area contributed by atoms with Crippen molar-refractivity contribution < 1.29 is 31.5 Å². The van der Waals surface area contributed by atoms with E-state index in [9.17, 15) is 26.7 Å². The summed E-state index contributed by atoms with van der Waals surface area (Å²) in [6.45, 7) is -2.40. The number of ether oxygens (including phenoxy) is 1. The summed E-state index contributed by atoms with van der Waals surface area (Å²) >= 11 is 0. The number of benzene rings is 1. The van der Waals surface area contributed by atoms with Gasteiger partial charge in [-0.25, -0.2) is 8.78 Å². The van der Waals surface area contributed by atoms with E-state index in [0.29, 0.717) is 0 Å². The third-order valence-corrected chi connectivity index (χ3v) is 2.26. The van der Waals surface area contributed by atoms with Gasteiger partial charge in [0.2, 0.25) is 5.91 Å². The summed E-state index contributed by atoms with van der Waals surface area (Å²) in [7, 11) is 0. The molecule has 1 N–H and O–H groups in total. The summed E-state index contributed by atoms with van der Waals surface area (Å²) in [5.41, 5.74) is -0.191. The number of halogens is 5. The van der Waals surface area contributed by atoms with Crippen molar-refractivity contribution in [2.24, 2.45) is 0 Å². The highest BCUT2D eigenvalue weighted by Crippen LogP contribution is 2.14. The fourth-order valence-electron chi connectivity index (χ4n) is 1.41. The van der Waals surface area contributed by atoms with Crippen LogP contribution in [-0.4, -0.2) is 31.8 Å². The lowest BCUT2D eigenvalue weighted by Gasteiger charge is -2.09. The highest BCUT2D eigenvalue weighted by Gasteiger charge is 2.27. The molecular formula is C12H12F5NO2. The second-order valence-corrected chi connectivity index (χ2v) is 3.91. The van der Waals surface area contributed by atoms with Crippen molar-refractivity contribution in [1.29, 1.82) is 0 Å². The van der Waals surface area contributed by atoms with Gasteiger partial charge in [-0.2, -0.15) is 13.2 Å². The van der Waals surface area contributed by atoms with Crippen LogP contribution in [0.3, 0.4) is 0 Å². The van der Waals surface area contributed by atoms with E-state index in [1.807, 2.05) is 0 Å². The Hall–Kier alpha value is -1.70. The van der Waals surface area contributed by atoms with Gasteiger partial charge in [-0.3, -0.25) is 4.79 Å².